The number of carbonyl (C=O) groups excluding carboxylic acids is 3. The highest BCUT2D eigenvalue weighted by molar-refractivity contribution is 6.03. The summed E-state index contributed by atoms with van der Waals surface area (Å²) in [5, 5.41) is 2.65. The molecule has 0 heterocycles. The zero-order chi connectivity index (χ0) is 19.1. The van der Waals surface area contributed by atoms with E-state index in [0.29, 0.717) is 22.6 Å². The Bertz CT molecular complexity index is 796. The van der Waals surface area contributed by atoms with E-state index in [2.05, 4.69) is 5.32 Å². The largest absolute Gasteiger partial charge is 0.484 e. The van der Waals surface area contributed by atoms with E-state index in [1.807, 2.05) is 0 Å². The zero-order valence-corrected chi connectivity index (χ0v) is 14.9. The Morgan fingerprint density at radius 1 is 1.00 bits per heavy atom. The fourth-order valence-electron chi connectivity index (χ4n) is 2.20. The minimum Gasteiger partial charge on any atom is -0.484 e. The van der Waals surface area contributed by atoms with E-state index in [1.165, 1.54) is 6.92 Å². The lowest BCUT2D eigenvalue weighted by Gasteiger charge is -2.11. The number of carbonyl (C=O) groups is 3. The summed E-state index contributed by atoms with van der Waals surface area (Å²) in [4.78, 5) is 35.4. The molecule has 6 nitrogen and oxygen atoms in total. The molecule has 0 aliphatic carbocycles. The zero-order valence-electron chi connectivity index (χ0n) is 14.9. The molecule has 0 atom stereocenters. The molecule has 0 unspecified atom stereocenters. The van der Waals surface area contributed by atoms with Crippen LogP contribution in [0.1, 0.15) is 41.5 Å². The van der Waals surface area contributed by atoms with E-state index in [1.54, 1.807) is 62.4 Å². The molecule has 0 fully saturated rings. The molecular weight excluding hydrogens is 334 g/mol. The Kier molecular flexibility index (Phi) is 6.49. The molecule has 0 saturated heterocycles. The van der Waals surface area contributed by atoms with Crippen molar-refractivity contribution in [2.45, 2.75) is 26.9 Å². The van der Waals surface area contributed by atoms with Gasteiger partial charge >= 0.3 is 5.97 Å². The molecule has 2 aromatic rings. The number of amides is 1. The van der Waals surface area contributed by atoms with Gasteiger partial charge in [-0.3, -0.25) is 9.59 Å². The first-order valence-corrected chi connectivity index (χ1v) is 8.20. The number of anilines is 1. The minimum absolute atomic E-state index is 0.134. The van der Waals surface area contributed by atoms with Crippen LogP contribution in [-0.2, 0) is 9.53 Å². The van der Waals surface area contributed by atoms with Crippen molar-refractivity contribution in [3.63, 3.8) is 0 Å². The van der Waals surface area contributed by atoms with E-state index in [0.717, 1.165) is 0 Å². The number of ether oxygens (including phenoxy) is 2. The highest BCUT2D eigenvalue weighted by Gasteiger charge is 2.11. The van der Waals surface area contributed by atoms with Crippen molar-refractivity contribution >= 4 is 23.3 Å². The van der Waals surface area contributed by atoms with Gasteiger partial charge < -0.3 is 14.8 Å². The third kappa shape index (κ3) is 5.44. The molecule has 0 saturated carbocycles. The summed E-state index contributed by atoms with van der Waals surface area (Å²) in [5.74, 6) is -0.487. The third-order valence-electron chi connectivity index (χ3n) is 3.38. The van der Waals surface area contributed by atoms with Gasteiger partial charge in [-0.25, -0.2) is 4.79 Å². The van der Waals surface area contributed by atoms with E-state index < -0.39 is 5.97 Å². The number of Topliss-reactive ketones (excluding diaryl/α,β-unsaturated/α-hetero) is 1. The number of benzene rings is 2. The number of hydrogen-bond donors (Lipinski definition) is 1. The quantitative estimate of drug-likeness (QED) is 0.607. The van der Waals surface area contributed by atoms with Crippen LogP contribution in [0.5, 0.6) is 5.75 Å². The predicted octanol–water partition coefficient (Wildman–Crippen LogP) is 3.47. The van der Waals surface area contributed by atoms with Crippen LogP contribution in [0, 0.1) is 0 Å². The summed E-state index contributed by atoms with van der Waals surface area (Å²) in [6, 6.07) is 13.1. The number of rotatable bonds is 7. The van der Waals surface area contributed by atoms with Crippen LogP contribution in [-0.4, -0.2) is 30.4 Å². The predicted molar refractivity (Wildman–Crippen MR) is 97.6 cm³/mol. The number of para-hydroxylation sites is 1. The fourth-order valence-corrected chi connectivity index (χ4v) is 2.20. The molecule has 1 N–H and O–H groups in total. The van der Waals surface area contributed by atoms with Crippen molar-refractivity contribution < 1.29 is 23.9 Å². The van der Waals surface area contributed by atoms with Gasteiger partial charge in [0.05, 0.1) is 17.4 Å². The van der Waals surface area contributed by atoms with E-state index in [4.69, 9.17) is 9.47 Å². The Morgan fingerprint density at radius 2 is 1.65 bits per heavy atom. The number of hydrogen-bond acceptors (Lipinski definition) is 5. The van der Waals surface area contributed by atoms with Crippen LogP contribution in [0.3, 0.4) is 0 Å². The monoisotopic (exact) mass is 355 g/mol. The second kappa shape index (κ2) is 8.80. The van der Waals surface area contributed by atoms with Gasteiger partial charge in [-0.1, -0.05) is 12.1 Å². The molecule has 136 valence electrons. The summed E-state index contributed by atoms with van der Waals surface area (Å²) in [5.41, 5.74) is 1.29. The van der Waals surface area contributed by atoms with Gasteiger partial charge in [0.1, 0.15) is 5.75 Å². The molecule has 0 radical (unpaired) electrons. The molecule has 0 bridgehead atoms. The van der Waals surface area contributed by atoms with Crippen molar-refractivity contribution in [3.05, 3.63) is 59.7 Å². The molecule has 6 heteroatoms. The molecule has 26 heavy (non-hydrogen) atoms. The average molecular weight is 355 g/mol. The van der Waals surface area contributed by atoms with Crippen LogP contribution in [0.2, 0.25) is 0 Å². The van der Waals surface area contributed by atoms with Crippen molar-refractivity contribution in [3.8, 4) is 5.75 Å². The highest BCUT2D eigenvalue weighted by Crippen LogP contribution is 2.16. The molecule has 0 aliphatic rings. The van der Waals surface area contributed by atoms with Gasteiger partial charge in [-0.05, 0) is 57.2 Å². The SMILES string of the molecule is CC(=O)c1ccccc1NC(=O)COc1ccc(C(=O)OC(C)C)cc1. The Morgan fingerprint density at radius 3 is 2.27 bits per heavy atom. The van der Waals surface area contributed by atoms with Gasteiger partial charge in [-0.2, -0.15) is 0 Å². The molecule has 1 amide bonds. The number of ketones is 1. The van der Waals surface area contributed by atoms with Crippen molar-refractivity contribution in [2.24, 2.45) is 0 Å². The van der Waals surface area contributed by atoms with Gasteiger partial charge in [0.2, 0.25) is 0 Å². The summed E-state index contributed by atoms with van der Waals surface area (Å²) in [6.45, 7) is 4.77. The van der Waals surface area contributed by atoms with Crippen molar-refractivity contribution in [1.82, 2.24) is 0 Å². The molecule has 0 aliphatic heterocycles. The van der Waals surface area contributed by atoms with E-state index in [-0.39, 0.29) is 24.4 Å². The smallest absolute Gasteiger partial charge is 0.338 e. The number of esters is 1. The lowest BCUT2D eigenvalue weighted by Crippen LogP contribution is -2.21. The maximum Gasteiger partial charge on any atom is 0.338 e. The molecule has 0 spiro atoms. The Balaban J connectivity index is 1.92. The highest BCUT2D eigenvalue weighted by atomic mass is 16.5. The lowest BCUT2D eigenvalue weighted by atomic mass is 10.1. The van der Waals surface area contributed by atoms with Crippen LogP contribution in [0.25, 0.3) is 0 Å². The Hall–Kier alpha value is -3.15. The maximum absolute atomic E-state index is 12.0. The fraction of sp³-hybridized carbons (Fsp3) is 0.250. The van der Waals surface area contributed by atoms with Crippen LogP contribution in [0.4, 0.5) is 5.69 Å². The normalized spacial score (nSPS) is 10.3. The second-order valence-electron chi connectivity index (χ2n) is 5.92. The van der Waals surface area contributed by atoms with Gasteiger partial charge in [0.15, 0.2) is 12.4 Å². The Labute approximate surface area is 152 Å². The second-order valence-corrected chi connectivity index (χ2v) is 5.92. The van der Waals surface area contributed by atoms with E-state index >= 15 is 0 Å². The first-order chi connectivity index (χ1) is 12.4. The minimum atomic E-state index is -0.412. The molecule has 2 rings (SSSR count). The van der Waals surface area contributed by atoms with Gasteiger partial charge in [-0.15, -0.1) is 0 Å². The maximum atomic E-state index is 12.0. The van der Waals surface area contributed by atoms with E-state index in [9.17, 15) is 14.4 Å². The summed E-state index contributed by atoms with van der Waals surface area (Å²) in [7, 11) is 0. The third-order valence-corrected chi connectivity index (χ3v) is 3.38. The molecule has 0 aromatic heterocycles. The molecular formula is C20H21NO5. The standard InChI is InChI=1S/C20H21NO5/c1-13(2)26-20(24)15-8-10-16(11-9-15)25-12-19(23)21-18-7-5-4-6-17(18)14(3)22/h4-11,13H,12H2,1-3H3,(H,21,23). The summed E-state index contributed by atoms with van der Waals surface area (Å²) >= 11 is 0. The number of nitrogens with one attached hydrogen (secondary N) is 1. The summed E-state index contributed by atoms with van der Waals surface area (Å²) < 4.78 is 10.5. The first kappa shape index (κ1) is 19.2. The van der Waals surface area contributed by atoms with Crippen molar-refractivity contribution in [1.29, 1.82) is 0 Å². The van der Waals surface area contributed by atoms with Gasteiger partial charge in [0.25, 0.3) is 5.91 Å². The average Bonchev–Trinajstić information content (AvgIpc) is 2.60. The van der Waals surface area contributed by atoms with Crippen LogP contribution in [0.15, 0.2) is 48.5 Å². The van der Waals surface area contributed by atoms with Crippen LogP contribution >= 0.6 is 0 Å². The topological polar surface area (TPSA) is 81.7 Å². The van der Waals surface area contributed by atoms with Gasteiger partial charge in [0, 0.05) is 5.56 Å². The summed E-state index contributed by atoms with van der Waals surface area (Å²) in [6.07, 6.45) is -0.194. The van der Waals surface area contributed by atoms with Crippen molar-refractivity contribution in [2.75, 3.05) is 11.9 Å². The van der Waals surface area contributed by atoms with Crippen LogP contribution < -0.4 is 10.1 Å². The molecule has 2 aromatic carbocycles. The lowest BCUT2D eigenvalue weighted by molar-refractivity contribution is -0.118. The first-order valence-electron chi connectivity index (χ1n) is 8.20.